The van der Waals surface area contributed by atoms with Crippen LogP contribution in [-0.2, 0) is 0 Å². The van der Waals surface area contributed by atoms with Gasteiger partial charge >= 0.3 is 0 Å². The van der Waals surface area contributed by atoms with Crippen molar-refractivity contribution < 1.29 is 17.9 Å². The van der Waals surface area contributed by atoms with Gasteiger partial charge in [-0.3, -0.25) is 0 Å². The molecule has 3 aliphatic rings. The van der Waals surface area contributed by atoms with Crippen molar-refractivity contribution in [3.05, 3.63) is 28.6 Å². The quantitative estimate of drug-likeness (QED) is 0.640. The fraction of sp³-hybridized carbons (Fsp3) is 0.684. The monoisotopic (exact) mass is 326 g/mol. The maximum absolute atomic E-state index is 15.1. The summed E-state index contributed by atoms with van der Waals surface area (Å²) in [6.45, 7) is 11.7. The maximum Gasteiger partial charge on any atom is 0.204 e. The van der Waals surface area contributed by atoms with Gasteiger partial charge in [-0.05, 0) is 49.4 Å². The molecule has 1 saturated carbocycles. The second kappa shape index (κ2) is 5.42. The van der Waals surface area contributed by atoms with Crippen LogP contribution in [0.3, 0.4) is 0 Å². The molecule has 1 fully saturated rings. The summed E-state index contributed by atoms with van der Waals surface area (Å²) in [6, 6.07) is 0. The zero-order valence-electron chi connectivity index (χ0n) is 14.6. The van der Waals surface area contributed by atoms with Crippen LogP contribution in [0.2, 0.25) is 0 Å². The first kappa shape index (κ1) is 16.7. The van der Waals surface area contributed by atoms with E-state index < -0.39 is 29.3 Å². The van der Waals surface area contributed by atoms with Crippen molar-refractivity contribution in [3.63, 3.8) is 0 Å². The van der Waals surface area contributed by atoms with Gasteiger partial charge in [0, 0.05) is 11.1 Å². The Morgan fingerprint density at radius 3 is 1.48 bits per heavy atom. The van der Waals surface area contributed by atoms with Gasteiger partial charge in [0.1, 0.15) is 0 Å². The molecule has 128 valence electrons. The topological polar surface area (TPSA) is 9.23 Å². The molecular formula is C19H25F3O. The first-order valence-electron chi connectivity index (χ1n) is 8.55. The Hall–Kier alpha value is -1.19. The molecule has 0 amide bonds. The van der Waals surface area contributed by atoms with Crippen LogP contribution in [0.15, 0.2) is 0 Å². The molecule has 0 radical (unpaired) electrons. The van der Waals surface area contributed by atoms with Crippen molar-refractivity contribution >= 4 is 0 Å². The molecule has 0 aliphatic heterocycles. The Morgan fingerprint density at radius 2 is 1.09 bits per heavy atom. The minimum Gasteiger partial charge on any atom is -0.485 e. The summed E-state index contributed by atoms with van der Waals surface area (Å²) in [5.74, 6) is -2.67. The number of fused-ring (bicyclic) bond motifs is 2. The molecule has 4 rings (SSSR count). The van der Waals surface area contributed by atoms with Crippen LogP contribution in [0, 0.1) is 41.1 Å². The van der Waals surface area contributed by atoms with E-state index in [1.54, 1.807) is 13.8 Å². The summed E-state index contributed by atoms with van der Waals surface area (Å²) >= 11 is 0. The first-order valence-corrected chi connectivity index (χ1v) is 8.55. The summed E-state index contributed by atoms with van der Waals surface area (Å²) in [5.41, 5.74) is 0.623. The Kier molecular flexibility index (Phi) is 3.93. The molecule has 0 heterocycles. The highest BCUT2D eigenvalue weighted by Gasteiger charge is 2.53. The number of halogens is 3. The smallest absolute Gasteiger partial charge is 0.204 e. The average molecular weight is 326 g/mol. The molecule has 1 aromatic carbocycles. The predicted molar refractivity (Wildman–Crippen MR) is 84.2 cm³/mol. The summed E-state index contributed by atoms with van der Waals surface area (Å²) < 4.78 is 49.6. The highest BCUT2D eigenvalue weighted by Crippen LogP contribution is 2.62. The number of hydrogen-bond acceptors (Lipinski definition) is 1. The van der Waals surface area contributed by atoms with Gasteiger partial charge in [-0.15, -0.1) is 0 Å². The van der Waals surface area contributed by atoms with Crippen LogP contribution in [-0.4, -0.2) is 6.10 Å². The van der Waals surface area contributed by atoms with Gasteiger partial charge in [0.25, 0.3) is 0 Å². The van der Waals surface area contributed by atoms with Gasteiger partial charge in [-0.25, -0.2) is 8.78 Å². The van der Waals surface area contributed by atoms with E-state index >= 15 is 4.39 Å². The summed E-state index contributed by atoms with van der Waals surface area (Å²) in [7, 11) is 0. The molecule has 2 bridgehead atoms. The SMILES string of the molecule is CC(C)Oc1c(F)c(F)c2c(c1F)C1C(C)C(C)C2C(C)C1C. The molecular weight excluding hydrogens is 301 g/mol. The van der Waals surface area contributed by atoms with Gasteiger partial charge in [-0.1, -0.05) is 27.7 Å². The number of ether oxygens (including phenoxy) is 1. The fourth-order valence-electron chi connectivity index (χ4n) is 4.98. The molecule has 3 aliphatic carbocycles. The molecule has 4 atom stereocenters. The lowest BCUT2D eigenvalue weighted by Gasteiger charge is -2.54. The Bertz CT molecular complexity index is 624. The molecule has 4 heteroatoms. The number of hydrogen-bond donors (Lipinski definition) is 0. The van der Waals surface area contributed by atoms with Crippen LogP contribution >= 0.6 is 0 Å². The Morgan fingerprint density at radius 1 is 0.696 bits per heavy atom. The van der Waals surface area contributed by atoms with E-state index in [4.69, 9.17) is 4.74 Å². The zero-order chi connectivity index (χ0) is 17.2. The molecule has 23 heavy (non-hydrogen) atoms. The van der Waals surface area contributed by atoms with Crippen molar-refractivity contribution in [2.45, 2.75) is 59.5 Å². The normalized spacial score (nSPS) is 35.6. The van der Waals surface area contributed by atoms with E-state index in [1.807, 2.05) is 0 Å². The third-order valence-corrected chi connectivity index (χ3v) is 6.30. The molecule has 4 unspecified atom stereocenters. The van der Waals surface area contributed by atoms with Gasteiger partial charge in [0.15, 0.2) is 17.4 Å². The molecule has 0 spiro atoms. The lowest BCUT2D eigenvalue weighted by molar-refractivity contribution is 0.0621. The van der Waals surface area contributed by atoms with E-state index in [9.17, 15) is 8.78 Å². The maximum atomic E-state index is 15.1. The van der Waals surface area contributed by atoms with Crippen molar-refractivity contribution in [1.82, 2.24) is 0 Å². The van der Waals surface area contributed by atoms with Crippen molar-refractivity contribution in [3.8, 4) is 5.75 Å². The molecule has 1 nitrogen and oxygen atoms in total. The van der Waals surface area contributed by atoms with Crippen LogP contribution < -0.4 is 4.74 Å². The second-order valence-electron chi connectivity index (χ2n) is 7.75. The second-order valence-corrected chi connectivity index (χ2v) is 7.75. The lowest BCUT2D eigenvalue weighted by Crippen LogP contribution is -2.46. The minimum atomic E-state index is -1.18. The summed E-state index contributed by atoms with van der Waals surface area (Å²) in [5, 5.41) is 0. The predicted octanol–water partition coefficient (Wildman–Crippen LogP) is 5.63. The lowest BCUT2D eigenvalue weighted by atomic mass is 9.50. The van der Waals surface area contributed by atoms with Crippen molar-refractivity contribution in [2.24, 2.45) is 23.7 Å². The molecule has 0 aromatic heterocycles. The van der Waals surface area contributed by atoms with Crippen LogP contribution in [0.5, 0.6) is 5.75 Å². The fourth-order valence-corrected chi connectivity index (χ4v) is 4.98. The zero-order valence-corrected chi connectivity index (χ0v) is 14.6. The van der Waals surface area contributed by atoms with Crippen LogP contribution in [0.25, 0.3) is 0 Å². The van der Waals surface area contributed by atoms with Gasteiger partial charge in [0.05, 0.1) is 6.10 Å². The molecule has 1 aromatic rings. The van der Waals surface area contributed by atoms with E-state index in [0.29, 0.717) is 5.56 Å². The third kappa shape index (κ3) is 2.13. The van der Waals surface area contributed by atoms with Crippen LogP contribution in [0.1, 0.15) is 64.5 Å². The van der Waals surface area contributed by atoms with Gasteiger partial charge in [-0.2, -0.15) is 4.39 Å². The largest absolute Gasteiger partial charge is 0.485 e. The Balaban J connectivity index is 2.30. The van der Waals surface area contributed by atoms with Gasteiger partial charge < -0.3 is 4.74 Å². The standard InChI is InChI=1S/C19H25F3O/c1-7(2)23-19-17(21)15-13-10(5)8(3)12(9(4)11(13)6)14(15)16(20)18(19)22/h7-13H,1-6H3. The highest BCUT2D eigenvalue weighted by molar-refractivity contribution is 5.49. The third-order valence-electron chi connectivity index (χ3n) is 6.30. The molecule has 0 saturated heterocycles. The van der Waals surface area contributed by atoms with Crippen LogP contribution in [0.4, 0.5) is 13.2 Å². The van der Waals surface area contributed by atoms with E-state index in [-0.39, 0.29) is 41.1 Å². The van der Waals surface area contributed by atoms with Gasteiger partial charge in [0.2, 0.25) is 5.82 Å². The number of rotatable bonds is 2. The summed E-state index contributed by atoms with van der Waals surface area (Å²) in [6.07, 6.45) is -0.412. The summed E-state index contributed by atoms with van der Waals surface area (Å²) in [4.78, 5) is 0. The van der Waals surface area contributed by atoms with Crippen molar-refractivity contribution in [2.75, 3.05) is 0 Å². The first-order chi connectivity index (χ1) is 10.7. The van der Waals surface area contributed by atoms with E-state index in [0.717, 1.165) is 0 Å². The highest BCUT2D eigenvalue weighted by atomic mass is 19.2. The van der Waals surface area contributed by atoms with E-state index in [1.165, 1.54) is 0 Å². The molecule has 0 N–H and O–H groups in total. The number of benzene rings is 1. The average Bonchev–Trinajstić information content (AvgIpc) is 2.48. The van der Waals surface area contributed by atoms with Crippen molar-refractivity contribution in [1.29, 1.82) is 0 Å². The van der Waals surface area contributed by atoms with E-state index in [2.05, 4.69) is 27.7 Å². The minimum absolute atomic E-state index is 0.0930. The Labute approximate surface area is 136 Å².